The van der Waals surface area contributed by atoms with Crippen molar-refractivity contribution < 1.29 is 9.21 Å². The van der Waals surface area contributed by atoms with Gasteiger partial charge in [0.15, 0.2) is 0 Å². The zero-order valence-electron chi connectivity index (χ0n) is 12.0. The Kier molecular flexibility index (Phi) is 4.65. The number of amides is 1. The molecule has 1 amide bonds. The van der Waals surface area contributed by atoms with E-state index in [1.54, 1.807) is 22.7 Å². The molecule has 3 rings (SSSR count). The molecule has 114 valence electrons. The lowest BCUT2D eigenvalue weighted by Gasteiger charge is -2.01. The summed E-state index contributed by atoms with van der Waals surface area (Å²) in [5.74, 6) is 0.997. The van der Waals surface area contributed by atoms with Crippen molar-refractivity contribution in [3.8, 4) is 10.8 Å². The number of hydrogen-bond donors (Lipinski definition) is 1. The molecule has 0 atom stereocenters. The van der Waals surface area contributed by atoms with Gasteiger partial charge in [0.1, 0.15) is 0 Å². The Balaban J connectivity index is 1.49. The molecule has 0 fully saturated rings. The normalized spacial score (nSPS) is 10.8. The van der Waals surface area contributed by atoms with E-state index in [4.69, 9.17) is 4.42 Å². The average molecular weight is 333 g/mol. The second-order valence-electron chi connectivity index (χ2n) is 4.82. The van der Waals surface area contributed by atoms with Crippen LogP contribution >= 0.6 is 22.7 Å². The third kappa shape index (κ3) is 3.80. The van der Waals surface area contributed by atoms with Crippen LogP contribution in [0, 0.1) is 6.92 Å². The number of carbonyl (C=O) groups is 1. The topological polar surface area (TPSA) is 68.0 Å². The molecule has 22 heavy (non-hydrogen) atoms. The first-order valence-electron chi connectivity index (χ1n) is 6.87. The number of nitrogens with one attached hydrogen (secondary N) is 1. The Bertz CT molecular complexity index is 747. The predicted molar refractivity (Wildman–Crippen MR) is 86.8 cm³/mol. The van der Waals surface area contributed by atoms with Crippen LogP contribution in [0.3, 0.4) is 0 Å². The van der Waals surface area contributed by atoms with Crippen LogP contribution in [-0.2, 0) is 17.8 Å². The quantitative estimate of drug-likeness (QED) is 0.750. The fourth-order valence-electron chi connectivity index (χ4n) is 1.91. The van der Waals surface area contributed by atoms with Gasteiger partial charge in [-0.2, -0.15) is 11.3 Å². The van der Waals surface area contributed by atoms with Gasteiger partial charge in [0.2, 0.25) is 11.8 Å². The van der Waals surface area contributed by atoms with Crippen LogP contribution in [-0.4, -0.2) is 16.1 Å². The first-order valence-corrected chi connectivity index (χ1v) is 8.63. The first-order chi connectivity index (χ1) is 10.7. The minimum Gasteiger partial charge on any atom is -0.420 e. The van der Waals surface area contributed by atoms with E-state index in [1.165, 1.54) is 4.88 Å². The molecule has 3 aromatic heterocycles. The Morgan fingerprint density at radius 3 is 2.95 bits per heavy atom. The van der Waals surface area contributed by atoms with E-state index < -0.39 is 0 Å². The van der Waals surface area contributed by atoms with Gasteiger partial charge in [0.05, 0.1) is 4.88 Å². The maximum absolute atomic E-state index is 11.8. The van der Waals surface area contributed by atoms with Crippen molar-refractivity contribution in [2.75, 3.05) is 0 Å². The molecular weight excluding hydrogens is 318 g/mol. The van der Waals surface area contributed by atoms with Crippen LogP contribution in [0.1, 0.15) is 22.8 Å². The van der Waals surface area contributed by atoms with Crippen molar-refractivity contribution in [2.45, 2.75) is 26.3 Å². The summed E-state index contributed by atoms with van der Waals surface area (Å²) in [5, 5.41) is 14.9. The summed E-state index contributed by atoms with van der Waals surface area (Å²) < 4.78 is 5.59. The van der Waals surface area contributed by atoms with Gasteiger partial charge in [-0.1, -0.05) is 0 Å². The number of aryl methyl sites for hydroxylation is 2. The molecule has 0 spiro atoms. The van der Waals surface area contributed by atoms with Crippen molar-refractivity contribution in [3.63, 3.8) is 0 Å². The molecule has 0 aliphatic carbocycles. The smallest absolute Gasteiger partial charge is 0.257 e. The zero-order chi connectivity index (χ0) is 15.4. The molecule has 0 saturated carbocycles. The Labute approximate surface area is 136 Å². The monoisotopic (exact) mass is 333 g/mol. The van der Waals surface area contributed by atoms with Gasteiger partial charge in [0, 0.05) is 24.3 Å². The number of aromatic nitrogens is 2. The van der Waals surface area contributed by atoms with Gasteiger partial charge in [-0.3, -0.25) is 4.79 Å². The highest BCUT2D eigenvalue weighted by molar-refractivity contribution is 7.15. The standard InChI is InChI=1S/C15H15N3O2S2/c1-10-2-3-12(22-10)15-18-17-14(20-15)5-4-13(19)16-8-11-6-7-21-9-11/h2-3,6-7,9H,4-5,8H2,1H3,(H,16,19). The van der Waals surface area contributed by atoms with Crippen LogP contribution in [0.5, 0.6) is 0 Å². The lowest BCUT2D eigenvalue weighted by molar-refractivity contribution is -0.121. The molecule has 3 heterocycles. The van der Waals surface area contributed by atoms with Gasteiger partial charge in [0.25, 0.3) is 5.89 Å². The van der Waals surface area contributed by atoms with E-state index in [-0.39, 0.29) is 5.91 Å². The van der Waals surface area contributed by atoms with E-state index in [0.29, 0.717) is 31.2 Å². The second-order valence-corrected chi connectivity index (χ2v) is 6.89. The van der Waals surface area contributed by atoms with Crippen LogP contribution in [0.15, 0.2) is 33.4 Å². The molecule has 1 N–H and O–H groups in total. The average Bonchev–Trinajstić information content (AvgIpc) is 3.24. The predicted octanol–water partition coefficient (Wildman–Crippen LogP) is 3.42. The highest BCUT2D eigenvalue weighted by Crippen LogP contribution is 2.26. The third-order valence-corrected chi connectivity index (χ3v) is 4.77. The molecule has 0 bridgehead atoms. The molecule has 0 radical (unpaired) electrons. The summed E-state index contributed by atoms with van der Waals surface area (Å²) in [6, 6.07) is 5.98. The Morgan fingerprint density at radius 2 is 2.23 bits per heavy atom. The summed E-state index contributed by atoms with van der Waals surface area (Å²) in [6.45, 7) is 2.59. The highest BCUT2D eigenvalue weighted by Gasteiger charge is 2.11. The van der Waals surface area contributed by atoms with Gasteiger partial charge < -0.3 is 9.73 Å². The number of nitrogens with zero attached hydrogens (tertiary/aromatic N) is 2. The third-order valence-electron chi connectivity index (χ3n) is 3.05. The van der Waals surface area contributed by atoms with Crippen molar-refractivity contribution >= 4 is 28.6 Å². The van der Waals surface area contributed by atoms with Crippen molar-refractivity contribution in [2.24, 2.45) is 0 Å². The molecule has 0 unspecified atom stereocenters. The van der Waals surface area contributed by atoms with Crippen LogP contribution < -0.4 is 5.32 Å². The molecule has 0 aliphatic rings. The van der Waals surface area contributed by atoms with Gasteiger partial charge in [-0.15, -0.1) is 21.5 Å². The van der Waals surface area contributed by atoms with E-state index in [9.17, 15) is 4.79 Å². The van der Waals surface area contributed by atoms with Gasteiger partial charge >= 0.3 is 0 Å². The maximum Gasteiger partial charge on any atom is 0.257 e. The number of hydrogen-bond acceptors (Lipinski definition) is 6. The molecule has 5 nitrogen and oxygen atoms in total. The van der Waals surface area contributed by atoms with Crippen LogP contribution in [0.25, 0.3) is 10.8 Å². The first kappa shape index (κ1) is 14.9. The molecule has 3 aromatic rings. The number of thiophene rings is 2. The lowest BCUT2D eigenvalue weighted by Crippen LogP contribution is -2.22. The summed E-state index contributed by atoms with van der Waals surface area (Å²) >= 11 is 3.23. The molecule has 7 heteroatoms. The Morgan fingerprint density at radius 1 is 1.32 bits per heavy atom. The fraction of sp³-hybridized carbons (Fsp3) is 0.267. The van der Waals surface area contributed by atoms with Gasteiger partial charge in [-0.25, -0.2) is 0 Å². The zero-order valence-corrected chi connectivity index (χ0v) is 13.7. The SMILES string of the molecule is Cc1ccc(-c2nnc(CCC(=O)NCc3ccsc3)o2)s1. The van der Waals surface area contributed by atoms with E-state index in [2.05, 4.69) is 15.5 Å². The van der Waals surface area contributed by atoms with E-state index >= 15 is 0 Å². The van der Waals surface area contributed by atoms with Gasteiger partial charge in [-0.05, 0) is 41.4 Å². The summed E-state index contributed by atoms with van der Waals surface area (Å²) in [4.78, 5) is 13.9. The van der Waals surface area contributed by atoms with Crippen LogP contribution in [0.2, 0.25) is 0 Å². The maximum atomic E-state index is 11.8. The lowest BCUT2D eigenvalue weighted by atomic mass is 10.3. The number of rotatable bonds is 6. The van der Waals surface area contributed by atoms with Crippen molar-refractivity contribution in [1.29, 1.82) is 0 Å². The minimum absolute atomic E-state index is 0.0158. The van der Waals surface area contributed by atoms with Crippen molar-refractivity contribution in [3.05, 3.63) is 45.3 Å². The molecule has 0 saturated heterocycles. The largest absolute Gasteiger partial charge is 0.420 e. The van der Waals surface area contributed by atoms with E-state index in [0.717, 1.165) is 10.4 Å². The molecular formula is C15H15N3O2S2. The fourth-order valence-corrected chi connectivity index (χ4v) is 3.36. The Hall–Kier alpha value is -1.99. The van der Waals surface area contributed by atoms with E-state index in [1.807, 2.05) is 35.9 Å². The molecule has 0 aliphatic heterocycles. The van der Waals surface area contributed by atoms with Crippen LogP contribution in [0.4, 0.5) is 0 Å². The highest BCUT2D eigenvalue weighted by atomic mass is 32.1. The number of carbonyl (C=O) groups excluding carboxylic acids is 1. The summed E-state index contributed by atoms with van der Waals surface area (Å²) in [7, 11) is 0. The summed E-state index contributed by atoms with van der Waals surface area (Å²) in [6.07, 6.45) is 0.794. The minimum atomic E-state index is -0.0158. The second kappa shape index (κ2) is 6.85. The van der Waals surface area contributed by atoms with Crippen molar-refractivity contribution in [1.82, 2.24) is 15.5 Å². The molecule has 0 aromatic carbocycles. The summed E-state index contributed by atoms with van der Waals surface area (Å²) in [5.41, 5.74) is 1.12.